The van der Waals surface area contributed by atoms with Crippen LogP contribution in [-0.4, -0.2) is 27.2 Å². The largest absolute Gasteiger partial charge is 0.312 e. The molecule has 3 nitrogen and oxygen atoms in total. The summed E-state index contributed by atoms with van der Waals surface area (Å²) in [5.74, 6) is 1.46. The van der Waals surface area contributed by atoms with Crippen LogP contribution in [0.1, 0.15) is 12.5 Å². The van der Waals surface area contributed by atoms with E-state index < -0.39 is 10.8 Å². The van der Waals surface area contributed by atoms with E-state index in [2.05, 4.69) is 16.4 Å². The molecule has 4 heteroatoms. The van der Waals surface area contributed by atoms with E-state index in [4.69, 9.17) is 0 Å². The van der Waals surface area contributed by atoms with Gasteiger partial charge < -0.3 is 5.32 Å². The van der Waals surface area contributed by atoms with E-state index in [1.54, 1.807) is 0 Å². The molecule has 0 aliphatic heterocycles. The van der Waals surface area contributed by atoms with E-state index in [-0.39, 0.29) is 0 Å². The van der Waals surface area contributed by atoms with Crippen molar-refractivity contribution >= 4 is 21.7 Å². The second kappa shape index (κ2) is 6.61. The number of fused-ring (bicyclic) bond motifs is 1. The Balaban J connectivity index is 1.97. The average molecular weight is 262 g/mol. The Labute approximate surface area is 110 Å². The summed E-state index contributed by atoms with van der Waals surface area (Å²) in [7, 11) is -0.687. The normalized spacial score (nSPS) is 12.7. The van der Waals surface area contributed by atoms with Gasteiger partial charge in [-0.25, -0.2) is 0 Å². The Kier molecular flexibility index (Phi) is 4.84. The topological polar surface area (TPSA) is 42.0 Å². The molecule has 1 aromatic heterocycles. The van der Waals surface area contributed by atoms with Gasteiger partial charge in [0.15, 0.2) is 0 Å². The summed E-state index contributed by atoms with van der Waals surface area (Å²) < 4.78 is 11.3. The summed E-state index contributed by atoms with van der Waals surface area (Å²) in [6.45, 7) is 3.54. The van der Waals surface area contributed by atoms with Crippen molar-refractivity contribution in [2.75, 3.05) is 18.1 Å². The zero-order valence-electron chi connectivity index (χ0n) is 10.6. The SMILES string of the molecule is CCS(=O)CCNCc1ccnc2ccccc12. The Morgan fingerprint density at radius 3 is 2.94 bits per heavy atom. The molecule has 0 aliphatic rings. The number of hydrogen-bond acceptors (Lipinski definition) is 3. The number of para-hydroxylation sites is 1. The fraction of sp³-hybridized carbons (Fsp3) is 0.357. The van der Waals surface area contributed by atoms with Gasteiger partial charge in [-0.2, -0.15) is 0 Å². The fourth-order valence-corrected chi connectivity index (χ4v) is 2.52. The molecule has 2 aromatic rings. The van der Waals surface area contributed by atoms with Gasteiger partial charge in [0.1, 0.15) is 0 Å². The number of pyridine rings is 1. The van der Waals surface area contributed by atoms with Crippen molar-refractivity contribution in [1.29, 1.82) is 0 Å². The summed E-state index contributed by atoms with van der Waals surface area (Å²) >= 11 is 0. The van der Waals surface area contributed by atoms with Gasteiger partial charge in [-0.15, -0.1) is 0 Å². The minimum Gasteiger partial charge on any atom is -0.312 e. The molecule has 18 heavy (non-hydrogen) atoms. The first-order valence-corrected chi connectivity index (χ1v) is 7.68. The van der Waals surface area contributed by atoms with Crippen molar-refractivity contribution in [1.82, 2.24) is 10.3 Å². The quantitative estimate of drug-likeness (QED) is 0.811. The smallest absolute Gasteiger partial charge is 0.0705 e. The van der Waals surface area contributed by atoms with Crippen LogP contribution in [-0.2, 0) is 17.3 Å². The first-order chi connectivity index (χ1) is 8.81. The first-order valence-electron chi connectivity index (χ1n) is 6.19. The van der Waals surface area contributed by atoms with Crippen LogP contribution in [0.25, 0.3) is 10.9 Å². The van der Waals surface area contributed by atoms with E-state index in [0.717, 1.165) is 30.1 Å². The van der Waals surface area contributed by atoms with E-state index in [1.165, 1.54) is 10.9 Å². The van der Waals surface area contributed by atoms with Gasteiger partial charge in [-0.05, 0) is 17.7 Å². The Bertz CT molecular complexity index is 537. The molecule has 0 radical (unpaired) electrons. The highest BCUT2D eigenvalue weighted by Gasteiger charge is 2.01. The predicted octanol–water partition coefficient (Wildman–Crippen LogP) is 2.09. The van der Waals surface area contributed by atoms with Crippen molar-refractivity contribution in [2.24, 2.45) is 0 Å². The zero-order valence-corrected chi connectivity index (χ0v) is 11.4. The van der Waals surface area contributed by atoms with Crippen LogP contribution >= 0.6 is 0 Å². The zero-order chi connectivity index (χ0) is 12.8. The third-order valence-corrected chi connectivity index (χ3v) is 4.19. The molecular weight excluding hydrogens is 244 g/mol. The lowest BCUT2D eigenvalue weighted by Gasteiger charge is -2.07. The van der Waals surface area contributed by atoms with Crippen LogP contribution in [0, 0.1) is 0 Å². The van der Waals surface area contributed by atoms with Gasteiger partial charge in [0.05, 0.1) is 5.52 Å². The lowest BCUT2D eigenvalue weighted by atomic mass is 10.1. The maximum absolute atomic E-state index is 11.3. The maximum atomic E-state index is 11.3. The average Bonchev–Trinajstić information content (AvgIpc) is 2.43. The molecule has 1 heterocycles. The summed E-state index contributed by atoms with van der Waals surface area (Å²) in [4.78, 5) is 4.34. The number of nitrogens with zero attached hydrogens (tertiary/aromatic N) is 1. The summed E-state index contributed by atoms with van der Waals surface area (Å²) in [5.41, 5.74) is 2.26. The Hall–Kier alpha value is -1.26. The molecule has 96 valence electrons. The second-order valence-electron chi connectivity index (χ2n) is 4.10. The predicted molar refractivity (Wildman–Crippen MR) is 77.0 cm³/mol. The van der Waals surface area contributed by atoms with Gasteiger partial charge in [0.2, 0.25) is 0 Å². The van der Waals surface area contributed by atoms with Gasteiger partial charge in [0, 0.05) is 47.0 Å². The summed E-state index contributed by atoms with van der Waals surface area (Å²) in [6, 6.07) is 10.2. The highest BCUT2D eigenvalue weighted by atomic mass is 32.2. The van der Waals surface area contributed by atoms with Crippen molar-refractivity contribution in [3.63, 3.8) is 0 Å². The minimum absolute atomic E-state index is 0.687. The van der Waals surface area contributed by atoms with E-state index in [0.29, 0.717) is 0 Å². The molecule has 0 saturated heterocycles. The van der Waals surface area contributed by atoms with Gasteiger partial charge in [-0.1, -0.05) is 25.1 Å². The number of rotatable bonds is 6. The lowest BCUT2D eigenvalue weighted by molar-refractivity contribution is 0.674. The van der Waals surface area contributed by atoms with Gasteiger partial charge in [0.25, 0.3) is 0 Å². The highest BCUT2D eigenvalue weighted by molar-refractivity contribution is 7.84. The molecule has 1 aromatic carbocycles. The van der Waals surface area contributed by atoms with E-state index in [9.17, 15) is 4.21 Å². The molecule has 1 N–H and O–H groups in total. The second-order valence-corrected chi connectivity index (χ2v) is 5.96. The maximum Gasteiger partial charge on any atom is 0.0705 e. The standard InChI is InChI=1S/C14H18N2OS/c1-2-18(17)10-9-15-11-12-7-8-16-14-6-4-3-5-13(12)14/h3-8,15H,2,9-11H2,1H3. The van der Waals surface area contributed by atoms with E-state index in [1.807, 2.05) is 37.4 Å². The number of benzene rings is 1. The van der Waals surface area contributed by atoms with Crippen molar-refractivity contribution in [2.45, 2.75) is 13.5 Å². The third-order valence-electron chi connectivity index (χ3n) is 2.88. The molecule has 1 atom stereocenters. The van der Waals surface area contributed by atoms with Crippen molar-refractivity contribution < 1.29 is 4.21 Å². The summed E-state index contributed by atoms with van der Waals surface area (Å²) in [5, 5.41) is 4.52. The molecule has 1 unspecified atom stereocenters. The van der Waals surface area contributed by atoms with Crippen LogP contribution in [0.5, 0.6) is 0 Å². The van der Waals surface area contributed by atoms with Crippen LogP contribution < -0.4 is 5.32 Å². The first kappa shape index (κ1) is 13.2. The molecule has 0 saturated carbocycles. The third kappa shape index (κ3) is 3.37. The van der Waals surface area contributed by atoms with Crippen LogP contribution in [0.3, 0.4) is 0 Å². The molecular formula is C14H18N2OS. The minimum atomic E-state index is -0.687. The summed E-state index contributed by atoms with van der Waals surface area (Å²) in [6.07, 6.45) is 1.84. The van der Waals surface area contributed by atoms with Gasteiger partial charge in [-0.3, -0.25) is 9.19 Å². The van der Waals surface area contributed by atoms with Crippen LogP contribution in [0.4, 0.5) is 0 Å². The van der Waals surface area contributed by atoms with Crippen LogP contribution in [0.2, 0.25) is 0 Å². The number of nitrogens with one attached hydrogen (secondary N) is 1. The molecule has 0 spiro atoms. The highest BCUT2D eigenvalue weighted by Crippen LogP contribution is 2.15. The number of hydrogen-bond donors (Lipinski definition) is 1. The molecule has 2 rings (SSSR count). The lowest BCUT2D eigenvalue weighted by Crippen LogP contribution is -2.20. The van der Waals surface area contributed by atoms with Crippen molar-refractivity contribution in [3.05, 3.63) is 42.1 Å². The molecule has 0 aliphatic carbocycles. The molecule has 0 fully saturated rings. The molecule has 0 bridgehead atoms. The Morgan fingerprint density at radius 2 is 2.11 bits per heavy atom. The molecule has 0 amide bonds. The van der Waals surface area contributed by atoms with E-state index >= 15 is 0 Å². The van der Waals surface area contributed by atoms with Crippen LogP contribution in [0.15, 0.2) is 36.5 Å². The monoisotopic (exact) mass is 262 g/mol. The number of aromatic nitrogens is 1. The van der Waals surface area contributed by atoms with Crippen molar-refractivity contribution in [3.8, 4) is 0 Å². The van der Waals surface area contributed by atoms with Gasteiger partial charge >= 0.3 is 0 Å². The fourth-order valence-electron chi connectivity index (χ4n) is 1.86. The Morgan fingerprint density at radius 1 is 1.28 bits per heavy atom.